The standard InChI is InChI=1S/C18H16N2O7S/c1-10-14(17(22)26-2)16(28-15(10)18(23)27-3)19-13(21)8-7-11-5-4-6-12(9-11)20(24)25/h4-9H,1-3H3,(H,19,21)/b8-7-. The third-order valence-electron chi connectivity index (χ3n) is 3.65. The fourth-order valence-electron chi connectivity index (χ4n) is 2.30. The number of amides is 1. The van der Waals surface area contributed by atoms with E-state index in [0.29, 0.717) is 11.1 Å². The van der Waals surface area contributed by atoms with Gasteiger partial charge in [0.05, 0.1) is 24.7 Å². The predicted octanol–water partition coefficient (Wildman–Crippen LogP) is 3.19. The highest BCUT2D eigenvalue weighted by molar-refractivity contribution is 7.18. The summed E-state index contributed by atoms with van der Waals surface area (Å²) >= 11 is 0.888. The van der Waals surface area contributed by atoms with Crippen LogP contribution < -0.4 is 5.32 Å². The Morgan fingerprint density at radius 2 is 1.86 bits per heavy atom. The van der Waals surface area contributed by atoms with E-state index in [4.69, 9.17) is 4.74 Å². The molecule has 0 unspecified atom stereocenters. The molecule has 0 spiro atoms. The summed E-state index contributed by atoms with van der Waals surface area (Å²) in [5.74, 6) is -1.93. The Morgan fingerprint density at radius 1 is 1.18 bits per heavy atom. The summed E-state index contributed by atoms with van der Waals surface area (Å²) in [6, 6.07) is 5.74. The molecule has 0 aliphatic carbocycles. The highest BCUT2D eigenvalue weighted by Crippen LogP contribution is 2.34. The van der Waals surface area contributed by atoms with Crippen LogP contribution in [0.4, 0.5) is 10.7 Å². The molecule has 1 aromatic carbocycles. The van der Waals surface area contributed by atoms with Gasteiger partial charge in [-0.3, -0.25) is 14.9 Å². The molecule has 1 amide bonds. The van der Waals surface area contributed by atoms with Crippen LogP contribution in [0.15, 0.2) is 30.3 Å². The lowest BCUT2D eigenvalue weighted by atomic mass is 10.1. The number of nitrogens with one attached hydrogen (secondary N) is 1. The zero-order chi connectivity index (χ0) is 20.8. The number of non-ortho nitro benzene ring substituents is 1. The van der Waals surface area contributed by atoms with E-state index in [1.165, 1.54) is 38.5 Å². The first-order valence-corrected chi connectivity index (χ1v) is 8.63. The lowest BCUT2D eigenvalue weighted by Gasteiger charge is -2.04. The van der Waals surface area contributed by atoms with Crippen molar-refractivity contribution in [1.29, 1.82) is 0 Å². The second-order valence-corrected chi connectivity index (χ2v) is 6.44. The summed E-state index contributed by atoms with van der Waals surface area (Å²) < 4.78 is 9.39. The van der Waals surface area contributed by atoms with E-state index >= 15 is 0 Å². The summed E-state index contributed by atoms with van der Waals surface area (Å²) in [5.41, 5.74) is 0.744. The van der Waals surface area contributed by atoms with Crippen molar-refractivity contribution in [2.75, 3.05) is 19.5 Å². The second kappa shape index (κ2) is 8.91. The van der Waals surface area contributed by atoms with Gasteiger partial charge < -0.3 is 14.8 Å². The number of anilines is 1. The predicted molar refractivity (Wildman–Crippen MR) is 102 cm³/mol. The molecule has 0 radical (unpaired) electrons. The molecule has 0 bridgehead atoms. The van der Waals surface area contributed by atoms with Crippen LogP contribution in [0.5, 0.6) is 0 Å². The van der Waals surface area contributed by atoms with Crippen LogP contribution in [0.25, 0.3) is 6.08 Å². The Labute approximate surface area is 163 Å². The second-order valence-electron chi connectivity index (χ2n) is 5.42. The van der Waals surface area contributed by atoms with Crippen molar-refractivity contribution < 1.29 is 28.8 Å². The first-order valence-electron chi connectivity index (χ1n) is 7.82. The van der Waals surface area contributed by atoms with Gasteiger partial charge in [0, 0.05) is 18.2 Å². The van der Waals surface area contributed by atoms with Crippen molar-refractivity contribution in [3.05, 3.63) is 62.0 Å². The molecule has 0 fully saturated rings. The van der Waals surface area contributed by atoms with Crippen molar-refractivity contribution in [2.24, 2.45) is 0 Å². The maximum atomic E-state index is 12.2. The topological polar surface area (TPSA) is 125 Å². The average Bonchev–Trinajstić information content (AvgIpc) is 3.01. The number of hydrogen-bond donors (Lipinski definition) is 1. The van der Waals surface area contributed by atoms with Crippen LogP contribution in [0.3, 0.4) is 0 Å². The van der Waals surface area contributed by atoms with E-state index in [1.807, 2.05) is 0 Å². The zero-order valence-electron chi connectivity index (χ0n) is 15.2. The quantitative estimate of drug-likeness (QED) is 0.339. The number of carbonyl (C=O) groups excluding carboxylic acids is 3. The van der Waals surface area contributed by atoms with E-state index < -0.39 is 22.8 Å². The van der Waals surface area contributed by atoms with Gasteiger partial charge in [-0.15, -0.1) is 11.3 Å². The van der Waals surface area contributed by atoms with Crippen LogP contribution in [-0.2, 0) is 14.3 Å². The monoisotopic (exact) mass is 404 g/mol. The summed E-state index contributed by atoms with van der Waals surface area (Å²) in [4.78, 5) is 46.6. The highest BCUT2D eigenvalue weighted by Gasteiger charge is 2.26. The van der Waals surface area contributed by atoms with Gasteiger partial charge in [0.15, 0.2) is 0 Å². The number of ether oxygens (including phenoxy) is 2. The molecular weight excluding hydrogens is 388 g/mol. The van der Waals surface area contributed by atoms with E-state index in [-0.39, 0.29) is 21.1 Å². The Kier molecular flexibility index (Phi) is 6.61. The van der Waals surface area contributed by atoms with Gasteiger partial charge in [-0.2, -0.15) is 0 Å². The summed E-state index contributed by atoms with van der Waals surface area (Å²) in [5, 5.41) is 13.5. The van der Waals surface area contributed by atoms with Crippen LogP contribution in [0.2, 0.25) is 0 Å². The summed E-state index contributed by atoms with van der Waals surface area (Å²) in [6.45, 7) is 1.55. The van der Waals surface area contributed by atoms with Gasteiger partial charge >= 0.3 is 11.9 Å². The first-order chi connectivity index (χ1) is 13.3. The fraction of sp³-hybridized carbons (Fsp3) is 0.167. The van der Waals surface area contributed by atoms with E-state index in [1.54, 1.807) is 13.0 Å². The molecule has 0 saturated carbocycles. The van der Waals surface area contributed by atoms with Crippen LogP contribution >= 0.6 is 11.3 Å². The third kappa shape index (κ3) is 4.60. The molecule has 9 nitrogen and oxygen atoms in total. The molecule has 1 heterocycles. The molecule has 146 valence electrons. The van der Waals surface area contributed by atoms with Crippen LogP contribution in [0.1, 0.15) is 31.2 Å². The maximum Gasteiger partial charge on any atom is 0.348 e. The molecule has 0 saturated heterocycles. The van der Waals surface area contributed by atoms with Gasteiger partial charge in [-0.25, -0.2) is 9.59 Å². The Balaban J connectivity index is 2.28. The molecule has 1 N–H and O–H groups in total. The lowest BCUT2D eigenvalue weighted by molar-refractivity contribution is -0.384. The zero-order valence-corrected chi connectivity index (χ0v) is 16.0. The number of methoxy groups -OCH3 is 2. The molecule has 0 atom stereocenters. The number of nitro benzene ring substituents is 1. The molecule has 2 rings (SSSR count). The summed E-state index contributed by atoms with van der Waals surface area (Å²) in [7, 11) is 2.39. The molecule has 10 heteroatoms. The van der Waals surface area contributed by atoms with Crippen molar-refractivity contribution >= 4 is 45.9 Å². The Bertz CT molecular complexity index is 978. The number of nitrogens with zero attached hydrogens (tertiary/aromatic N) is 1. The van der Waals surface area contributed by atoms with Gasteiger partial charge in [-0.1, -0.05) is 12.1 Å². The first kappa shape index (κ1) is 20.8. The Hall–Kier alpha value is -3.53. The number of nitro groups is 1. The minimum absolute atomic E-state index is 0.0602. The molecule has 2 aromatic rings. The fourth-order valence-corrected chi connectivity index (χ4v) is 3.42. The van der Waals surface area contributed by atoms with E-state index in [0.717, 1.165) is 17.4 Å². The number of hydrogen-bond acceptors (Lipinski definition) is 8. The smallest absolute Gasteiger partial charge is 0.348 e. The van der Waals surface area contributed by atoms with Crippen LogP contribution in [0, 0.1) is 17.0 Å². The maximum absolute atomic E-state index is 12.2. The number of benzene rings is 1. The highest BCUT2D eigenvalue weighted by atomic mass is 32.1. The van der Waals surface area contributed by atoms with Gasteiger partial charge in [0.2, 0.25) is 5.91 Å². The van der Waals surface area contributed by atoms with Gasteiger partial charge in [0.25, 0.3) is 5.69 Å². The largest absolute Gasteiger partial charge is 0.465 e. The van der Waals surface area contributed by atoms with Crippen molar-refractivity contribution in [2.45, 2.75) is 6.92 Å². The molecular formula is C18H16N2O7S. The number of esters is 2. The Morgan fingerprint density at radius 3 is 2.46 bits per heavy atom. The molecule has 28 heavy (non-hydrogen) atoms. The minimum atomic E-state index is -0.707. The summed E-state index contributed by atoms with van der Waals surface area (Å²) in [6.07, 6.45) is 2.55. The normalized spacial score (nSPS) is 10.5. The van der Waals surface area contributed by atoms with E-state index in [9.17, 15) is 24.5 Å². The van der Waals surface area contributed by atoms with Gasteiger partial charge in [-0.05, 0) is 24.1 Å². The van der Waals surface area contributed by atoms with E-state index in [2.05, 4.69) is 10.1 Å². The minimum Gasteiger partial charge on any atom is -0.465 e. The lowest BCUT2D eigenvalue weighted by Crippen LogP contribution is -2.11. The number of carbonyl (C=O) groups is 3. The number of thiophene rings is 1. The molecule has 0 aliphatic heterocycles. The SMILES string of the molecule is COC(=O)c1sc(NC(=O)/C=C\c2cccc([N+](=O)[O-])c2)c(C(=O)OC)c1C. The number of rotatable bonds is 6. The van der Waals surface area contributed by atoms with Gasteiger partial charge in [0.1, 0.15) is 9.88 Å². The third-order valence-corrected chi connectivity index (χ3v) is 4.84. The average molecular weight is 404 g/mol. The molecule has 0 aliphatic rings. The molecule has 1 aromatic heterocycles. The van der Waals surface area contributed by atoms with Crippen molar-refractivity contribution in [3.8, 4) is 0 Å². The van der Waals surface area contributed by atoms with Crippen molar-refractivity contribution in [3.63, 3.8) is 0 Å². The van der Waals surface area contributed by atoms with Crippen LogP contribution in [-0.4, -0.2) is 37.0 Å². The van der Waals surface area contributed by atoms with Crippen molar-refractivity contribution in [1.82, 2.24) is 0 Å².